The van der Waals surface area contributed by atoms with E-state index in [0.29, 0.717) is 44.5 Å². The van der Waals surface area contributed by atoms with Gasteiger partial charge in [-0.05, 0) is 29.8 Å². The number of aromatic nitrogens is 3. The maximum absolute atomic E-state index is 9.40. The molecular formula is C23H25N5O3. The predicted octanol–water partition coefficient (Wildman–Crippen LogP) is 2.65. The highest BCUT2D eigenvalue weighted by atomic mass is 16.5. The molecule has 1 aliphatic heterocycles. The molecule has 1 aromatic carbocycles. The Hall–Kier alpha value is -3.52. The Kier molecular flexibility index (Phi) is 7.02. The number of hydrogen-bond donors (Lipinski definition) is 1. The molecule has 0 unspecified atom stereocenters. The van der Waals surface area contributed by atoms with Crippen LogP contribution < -0.4 is 9.64 Å². The van der Waals surface area contributed by atoms with Gasteiger partial charge in [0.15, 0.2) is 5.82 Å². The summed E-state index contributed by atoms with van der Waals surface area (Å²) in [6.07, 6.45) is 4.13. The number of aliphatic imine (C=N–C) groups is 1. The molecule has 1 fully saturated rings. The van der Waals surface area contributed by atoms with Gasteiger partial charge in [0.25, 0.3) is 0 Å². The van der Waals surface area contributed by atoms with Gasteiger partial charge in [-0.2, -0.15) is 4.98 Å². The lowest BCUT2D eigenvalue weighted by Crippen LogP contribution is -2.37. The van der Waals surface area contributed by atoms with Crippen molar-refractivity contribution in [1.29, 1.82) is 0 Å². The quantitative estimate of drug-likeness (QED) is 0.561. The van der Waals surface area contributed by atoms with E-state index in [1.54, 1.807) is 24.5 Å². The molecule has 0 saturated carbocycles. The Labute approximate surface area is 181 Å². The summed E-state index contributed by atoms with van der Waals surface area (Å²) >= 11 is 0. The molecule has 160 valence electrons. The number of phenolic OH excluding ortho intramolecular Hbond substituents is 1. The van der Waals surface area contributed by atoms with E-state index in [1.165, 1.54) is 0 Å². The first kappa shape index (κ1) is 20.7. The Morgan fingerprint density at radius 1 is 1.10 bits per heavy atom. The van der Waals surface area contributed by atoms with Gasteiger partial charge in [-0.3, -0.25) is 9.98 Å². The van der Waals surface area contributed by atoms with Crippen molar-refractivity contribution in [2.75, 3.05) is 37.8 Å². The molecular weight excluding hydrogens is 394 g/mol. The van der Waals surface area contributed by atoms with Crippen molar-refractivity contribution in [2.24, 2.45) is 4.99 Å². The van der Waals surface area contributed by atoms with Crippen LogP contribution in [0.3, 0.4) is 0 Å². The average molecular weight is 419 g/mol. The second-order valence-electron chi connectivity index (χ2n) is 7.08. The second-order valence-corrected chi connectivity index (χ2v) is 7.08. The van der Waals surface area contributed by atoms with Crippen molar-refractivity contribution in [3.8, 4) is 11.6 Å². The number of ether oxygens (including phenoxy) is 2. The van der Waals surface area contributed by atoms with E-state index in [4.69, 9.17) is 9.47 Å². The van der Waals surface area contributed by atoms with E-state index in [-0.39, 0.29) is 5.75 Å². The van der Waals surface area contributed by atoms with Gasteiger partial charge in [-0.1, -0.05) is 18.2 Å². The highest BCUT2D eigenvalue weighted by molar-refractivity contribution is 5.75. The van der Waals surface area contributed by atoms with Crippen LogP contribution in [0.15, 0.2) is 59.7 Å². The minimum absolute atomic E-state index is 0.238. The van der Waals surface area contributed by atoms with Gasteiger partial charge < -0.3 is 19.5 Å². The van der Waals surface area contributed by atoms with Gasteiger partial charge in [0.2, 0.25) is 5.88 Å². The zero-order valence-electron chi connectivity index (χ0n) is 17.2. The molecule has 8 nitrogen and oxygen atoms in total. The SMILES string of the molecule is Oc1ccc(CN=Cc2nc(OCCc3ccccn3)cc(N3CCOCC3)n2)cc1. The molecule has 3 aromatic rings. The number of nitrogens with zero attached hydrogens (tertiary/aromatic N) is 5. The van der Waals surface area contributed by atoms with Crippen LogP contribution in [-0.4, -0.2) is 59.2 Å². The Morgan fingerprint density at radius 2 is 1.94 bits per heavy atom. The van der Waals surface area contributed by atoms with Gasteiger partial charge >= 0.3 is 0 Å². The molecule has 0 aliphatic carbocycles. The third-order valence-corrected chi connectivity index (χ3v) is 4.79. The van der Waals surface area contributed by atoms with Crippen molar-refractivity contribution < 1.29 is 14.6 Å². The molecule has 0 atom stereocenters. The summed E-state index contributed by atoms with van der Waals surface area (Å²) in [5, 5.41) is 9.40. The number of anilines is 1. The summed E-state index contributed by atoms with van der Waals surface area (Å²) < 4.78 is 11.4. The van der Waals surface area contributed by atoms with Crippen molar-refractivity contribution in [3.05, 3.63) is 71.8 Å². The third-order valence-electron chi connectivity index (χ3n) is 4.79. The topological polar surface area (TPSA) is 93.0 Å². The molecule has 1 saturated heterocycles. The third kappa shape index (κ3) is 6.23. The normalized spacial score (nSPS) is 14.1. The number of aromatic hydroxyl groups is 1. The maximum atomic E-state index is 9.40. The maximum Gasteiger partial charge on any atom is 0.219 e. The molecule has 31 heavy (non-hydrogen) atoms. The zero-order valence-corrected chi connectivity index (χ0v) is 17.2. The van der Waals surface area contributed by atoms with Crippen molar-refractivity contribution in [1.82, 2.24) is 15.0 Å². The fourth-order valence-electron chi connectivity index (χ4n) is 3.16. The number of pyridine rings is 1. The van der Waals surface area contributed by atoms with Crippen LogP contribution in [0, 0.1) is 0 Å². The lowest BCUT2D eigenvalue weighted by atomic mass is 10.2. The van der Waals surface area contributed by atoms with Gasteiger partial charge in [-0.15, -0.1) is 0 Å². The molecule has 1 aliphatic rings. The highest BCUT2D eigenvalue weighted by Gasteiger charge is 2.15. The summed E-state index contributed by atoms with van der Waals surface area (Å²) in [4.78, 5) is 20.1. The molecule has 1 N–H and O–H groups in total. The molecule has 2 aromatic heterocycles. The standard InChI is InChI=1S/C23H25N5O3/c29-20-6-4-18(5-7-20)16-24-17-21-26-22(28-10-13-30-14-11-28)15-23(27-21)31-12-8-19-3-1-2-9-25-19/h1-7,9,15,17,29H,8,10-14,16H2. The van der Waals surface area contributed by atoms with E-state index in [0.717, 1.165) is 30.2 Å². The van der Waals surface area contributed by atoms with Crippen molar-refractivity contribution in [2.45, 2.75) is 13.0 Å². The van der Waals surface area contributed by atoms with Crippen LogP contribution in [0.5, 0.6) is 11.6 Å². The first-order chi connectivity index (χ1) is 15.3. The first-order valence-corrected chi connectivity index (χ1v) is 10.3. The minimum atomic E-state index is 0.238. The van der Waals surface area contributed by atoms with Crippen LogP contribution in [0.2, 0.25) is 0 Å². The summed E-state index contributed by atoms with van der Waals surface area (Å²) in [6, 6.07) is 14.7. The first-order valence-electron chi connectivity index (χ1n) is 10.3. The number of benzene rings is 1. The van der Waals surface area contributed by atoms with Gasteiger partial charge in [-0.25, -0.2) is 4.98 Å². The Bertz CT molecular complexity index is 990. The molecule has 4 rings (SSSR count). The van der Waals surface area contributed by atoms with E-state index in [2.05, 4.69) is 24.8 Å². The number of hydrogen-bond acceptors (Lipinski definition) is 8. The molecule has 0 amide bonds. The van der Waals surface area contributed by atoms with Crippen molar-refractivity contribution >= 4 is 12.0 Å². The number of morpholine rings is 1. The van der Waals surface area contributed by atoms with Crippen LogP contribution in [-0.2, 0) is 17.7 Å². The lowest BCUT2D eigenvalue weighted by molar-refractivity contribution is 0.122. The summed E-state index contributed by atoms with van der Waals surface area (Å²) in [6.45, 7) is 3.83. The minimum Gasteiger partial charge on any atom is -0.508 e. The van der Waals surface area contributed by atoms with Crippen LogP contribution in [0.4, 0.5) is 5.82 Å². The van der Waals surface area contributed by atoms with E-state index < -0.39 is 0 Å². The molecule has 3 heterocycles. The molecule has 0 spiro atoms. The van der Waals surface area contributed by atoms with Crippen LogP contribution in [0.1, 0.15) is 17.1 Å². The largest absolute Gasteiger partial charge is 0.508 e. The van der Waals surface area contributed by atoms with Gasteiger partial charge in [0.1, 0.15) is 11.6 Å². The number of phenols is 1. The second kappa shape index (κ2) is 10.5. The Balaban J connectivity index is 1.46. The monoisotopic (exact) mass is 419 g/mol. The zero-order chi connectivity index (χ0) is 21.3. The summed E-state index contributed by atoms with van der Waals surface area (Å²) in [7, 11) is 0. The van der Waals surface area contributed by atoms with Crippen LogP contribution >= 0.6 is 0 Å². The van der Waals surface area contributed by atoms with E-state index in [1.807, 2.05) is 36.4 Å². The lowest BCUT2D eigenvalue weighted by Gasteiger charge is -2.28. The molecule has 0 bridgehead atoms. The average Bonchev–Trinajstić information content (AvgIpc) is 2.82. The van der Waals surface area contributed by atoms with Crippen molar-refractivity contribution in [3.63, 3.8) is 0 Å². The highest BCUT2D eigenvalue weighted by Crippen LogP contribution is 2.19. The van der Waals surface area contributed by atoms with E-state index in [9.17, 15) is 5.11 Å². The van der Waals surface area contributed by atoms with Gasteiger partial charge in [0.05, 0.1) is 32.6 Å². The molecule has 0 radical (unpaired) electrons. The molecule has 8 heteroatoms. The number of rotatable bonds is 8. The summed E-state index contributed by atoms with van der Waals surface area (Å²) in [5.41, 5.74) is 1.96. The smallest absolute Gasteiger partial charge is 0.219 e. The Morgan fingerprint density at radius 3 is 2.71 bits per heavy atom. The van der Waals surface area contributed by atoms with Gasteiger partial charge in [0, 0.05) is 37.5 Å². The fraction of sp³-hybridized carbons (Fsp3) is 0.304. The summed E-state index contributed by atoms with van der Waals surface area (Å²) in [5.74, 6) is 2.05. The fourth-order valence-corrected chi connectivity index (χ4v) is 3.16. The van der Waals surface area contributed by atoms with E-state index >= 15 is 0 Å². The predicted molar refractivity (Wildman–Crippen MR) is 118 cm³/mol. The van der Waals surface area contributed by atoms with Crippen LogP contribution in [0.25, 0.3) is 0 Å².